The summed E-state index contributed by atoms with van der Waals surface area (Å²) >= 11 is 0. The Hall–Kier alpha value is -2.23. The van der Waals surface area contributed by atoms with Gasteiger partial charge in [0.05, 0.1) is 7.11 Å². The van der Waals surface area contributed by atoms with E-state index < -0.39 is 0 Å². The number of carbonyl (C=O) groups excluding carboxylic acids is 1. The first-order valence-corrected chi connectivity index (χ1v) is 8.88. The lowest BCUT2D eigenvalue weighted by atomic mass is 10.0. The number of rotatable bonds is 4. The first kappa shape index (κ1) is 17.6. The number of hydrogen-bond acceptors (Lipinski definition) is 3. The summed E-state index contributed by atoms with van der Waals surface area (Å²) in [7, 11) is 1.66. The predicted molar refractivity (Wildman–Crippen MR) is 100 cm³/mol. The fraction of sp³-hybridized carbons (Fsp3) is 0.476. The molecule has 1 fully saturated rings. The zero-order chi connectivity index (χ0) is 18.2. The lowest BCUT2D eigenvalue weighted by Gasteiger charge is -2.35. The normalized spacial score (nSPS) is 15.7. The van der Waals surface area contributed by atoms with Crippen LogP contribution in [0.15, 0.2) is 36.4 Å². The van der Waals surface area contributed by atoms with Crippen molar-refractivity contribution in [2.45, 2.75) is 58.2 Å². The van der Waals surface area contributed by atoms with Gasteiger partial charge in [0.25, 0.3) is 0 Å². The van der Waals surface area contributed by atoms with E-state index in [4.69, 9.17) is 9.47 Å². The molecule has 134 valence electrons. The molecule has 0 saturated heterocycles. The highest BCUT2D eigenvalue weighted by Gasteiger charge is 2.40. The second kappa shape index (κ2) is 6.58. The van der Waals surface area contributed by atoms with E-state index in [0.29, 0.717) is 6.04 Å². The van der Waals surface area contributed by atoms with E-state index in [1.807, 2.05) is 42.2 Å². The molecule has 0 N–H and O–H groups in total. The van der Waals surface area contributed by atoms with Gasteiger partial charge in [-0.1, -0.05) is 24.3 Å². The Kier molecular flexibility index (Phi) is 4.63. The average molecular weight is 341 g/mol. The molecule has 4 nitrogen and oxygen atoms in total. The number of nitrogens with zero attached hydrogens (tertiary/aromatic N) is 1. The minimum Gasteiger partial charge on any atom is -0.496 e. The van der Waals surface area contributed by atoms with Crippen LogP contribution < -0.4 is 4.74 Å². The zero-order valence-corrected chi connectivity index (χ0v) is 15.7. The number of ether oxygens (including phenoxy) is 2. The molecule has 0 heterocycles. The second-order valence-corrected chi connectivity index (χ2v) is 7.74. The summed E-state index contributed by atoms with van der Waals surface area (Å²) < 4.78 is 11.3. The van der Waals surface area contributed by atoms with Crippen LogP contribution in [0.2, 0.25) is 0 Å². The van der Waals surface area contributed by atoms with Crippen molar-refractivity contribution in [2.75, 3.05) is 7.11 Å². The first-order chi connectivity index (χ1) is 11.8. The highest BCUT2D eigenvalue weighted by atomic mass is 16.6. The molecule has 1 amide bonds. The fourth-order valence-corrected chi connectivity index (χ4v) is 3.28. The van der Waals surface area contributed by atoms with E-state index >= 15 is 0 Å². The number of methoxy groups -OCH3 is 1. The molecule has 1 atom stereocenters. The molecule has 0 aromatic heterocycles. The van der Waals surface area contributed by atoms with Gasteiger partial charge in [0, 0.05) is 17.0 Å². The molecule has 4 heteroatoms. The van der Waals surface area contributed by atoms with Crippen molar-refractivity contribution in [3.63, 3.8) is 0 Å². The molecule has 1 aliphatic carbocycles. The van der Waals surface area contributed by atoms with Gasteiger partial charge in [0.1, 0.15) is 11.9 Å². The van der Waals surface area contributed by atoms with Gasteiger partial charge < -0.3 is 14.4 Å². The molecule has 1 unspecified atom stereocenters. The van der Waals surface area contributed by atoms with Gasteiger partial charge in [-0.2, -0.15) is 0 Å². The van der Waals surface area contributed by atoms with Gasteiger partial charge in [-0.3, -0.25) is 0 Å². The third-order valence-electron chi connectivity index (χ3n) is 4.64. The van der Waals surface area contributed by atoms with Gasteiger partial charge in [0.15, 0.2) is 0 Å². The molecule has 2 aromatic rings. The van der Waals surface area contributed by atoms with Gasteiger partial charge in [-0.25, -0.2) is 4.79 Å². The molecular weight excluding hydrogens is 314 g/mol. The summed E-state index contributed by atoms with van der Waals surface area (Å²) in [5, 5.41) is 2.14. The van der Waals surface area contributed by atoms with Crippen LogP contribution in [0.4, 0.5) is 4.79 Å². The smallest absolute Gasteiger partial charge is 0.411 e. The number of benzene rings is 2. The summed E-state index contributed by atoms with van der Waals surface area (Å²) in [6.45, 7) is 8.07. The standard InChI is InChI=1S/C21H27NO3/c1-14(25-20(23)22(17-10-11-17)21(2,3)4)16-12-15-8-6-7-9-18(15)19(13-16)24-5/h6-9,12-14,17H,10-11H2,1-5H3. The van der Waals surface area contributed by atoms with Gasteiger partial charge in [-0.05, 0) is 63.6 Å². The number of fused-ring (bicyclic) bond motifs is 1. The highest BCUT2D eigenvalue weighted by molar-refractivity contribution is 5.89. The van der Waals surface area contributed by atoms with Crippen molar-refractivity contribution in [3.05, 3.63) is 42.0 Å². The van der Waals surface area contributed by atoms with Crippen molar-refractivity contribution < 1.29 is 14.3 Å². The lowest BCUT2D eigenvalue weighted by Crippen LogP contribution is -2.47. The van der Waals surface area contributed by atoms with Gasteiger partial charge in [-0.15, -0.1) is 0 Å². The first-order valence-electron chi connectivity index (χ1n) is 8.88. The second-order valence-electron chi connectivity index (χ2n) is 7.74. The molecule has 0 aliphatic heterocycles. The fourth-order valence-electron chi connectivity index (χ4n) is 3.28. The summed E-state index contributed by atoms with van der Waals surface area (Å²) in [4.78, 5) is 14.6. The molecular formula is C21H27NO3. The minimum atomic E-state index is -0.338. The molecule has 1 aliphatic rings. The monoisotopic (exact) mass is 341 g/mol. The van der Waals surface area contributed by atoms with Crippen molar-refractivity contribution in [3.8, 4) is 5.75 Å². The van der Waals surface area contributed by atoms with Crippen LogP contribution >= 0.6 is 0 Å². The van der Waals surface area contributed by atoms with E-state index in [2.05, 4.69) is 26.8 Å². The van der Waals surface area contributed by atoms with Crippen LogP contribution in [-0.4, -0.2) is 29.7 Å². The molecule has 0 radical (unpaired) electrons. The summed E-state index contributed by atoms with van der Waals surface area (Å²) in [5.74, 6) is 0.797. The Morgan fingerprint density at radius 1 is 1.20 bits per heavy atom. The summed E-state index contributed by atoms with van der Waals surface area (Å²) in [6, 6.07) is 12.4. The van der Waals surface area contributed by atoms with E-state index in [9.17, 15) is 4.79 Å². The minimum absolute atomic E-state index is 0.237. The SMILES string of the molecule is COc1cc(C(C)OC(=O)N(C2CC2)C(C)(C)C)cc2ccccc12. The Labute approximate surface area is 149 Å². The van der Waals surface area contributed by atoms with Crippen molar-refractivity contribution >= 4 is 16.9 Å². The average Bonchev–Trinajstić information content (AvgIpc) is 3.36. The molecule has 0 bridgehead atoms. The largest absolute Gasteiger partial charge is 0.496 e. The Morgan fingerprint density at radius 3 is 2.48 bits per heavy atom. The maximum atomic E-state index is 12.7. The molecule has 3 rings (SSSR count). The maximum Gasteiger partial charge on any atom is 0.411 e. The maximum absolute atomic E-state index is 12.7. The number of amides is 1. The Morgan fingerprint density at radius 2 is 1.88 bits per heavy atom. The van der Waals surface area contributed by atoms with Crippen molar-refractivity contribution in [1.82, 2.24) is 4.90 Å². The van der Waals surface area contributed by atoms with Crippen LogP contribution in [0, 0.1) is 0 Å². The van der Waals surface area contributed by atoms with Gasteiger partial charge >= 0.3 is 6.09 Å². The van der Waals surface area contributed by atoms with Crippen molar-refractivity contribution in [2.24, 2.45) is 0 Å². The Bertz CT molecular complexity index is 774. The van der Waals surface area contributed by atoms with Crippen LogP contribution in [0.1, 0.15) is 52.2 Å². The topological polar surface area (TPSA) is 38.8 Å². The summed E-state index contributed by atoms with van der Waals surface area (Å²) in [5.41, 5.74) is 0.701. The molecule has 0 spiro atoms. The van der Waals surface area contributed by atoms with E-state index in [0.717, 1.165) is 34.9 Å². The predicted octanol–water partition coefficient (Wildman–Crippen LogP) is 5.31. The van der Waals surface area contributed by atoms with Crippen molar-refractivity contribution in [1.29, 1.82) is 0 Å². The Balaban J connectivity index is 1.84. The quantitative estimate of drug-likeness (QED) is 0.756. The number of carbonyl (C=O) groups is 1. The molecule has 25 heavy (non-hydrogen) atoms. The number of hydrogen-bond donors (Lipinski definition) is 0. The molecule has 1 saturated carbocycles. The van der Waals surface area contributed by atoms with Gasteiger partial charge in [0.2, 0.25) is 0 Å². The summed E-state index contributed by atoms with van der Waals surface area (Å²) in [6.07, 6.45) is 1.54. The lowest BCUT2D eigenvalue weighted by molar-refractivity contribution is 0.0388. The van der Waals surface area contributed by atoms with E-state index in [1.165, 1.54) is 0 Å². The zero-order valence-electron chi connectivity index (χ0n) is 15.7. The highest BCUT2D eigenvalue weighted by Crippen LogP contribution is 2.35. The van der Waals surface area contributed by atoms with E-state index in [-0.39, 0.29) is 17.7 Å². The molecule has 2 aromatic carbocycles. The third kappa shape index (κ3) is 3.73. The van der Waals surface area contributed by atoms with Crippen LogP contribution in [0.3, 0.4) is 0 Å². The van der Waals surface area contributed by atoms with E-state index in [1.54, 1.807) is 7.11 Å². The van der Waals surface area contributed by atoms with Crippen LogP contribution in [-0.2, 0) is 4.74 Å². The van der Waals surface area contributed by atoms with Crippen LogP contribution in [0.25, 0.3) is 10.8 Å². The van der Waals surface area contributed by atoms with Crippen LogP contribution in [0.5, 0.6) is 5.75 Å². The third-order valence-corrected chi connectivity index (χ3v) is 4.64.